The van der Waals surface area contributed by atoms with Gasteiger partial charge in [-0.2, -0.15) is 4.98 Å². The van der Waals surface area contributed by atoms with Gasteiger partial charge >= 0.3 is 5.97 Å². The van der Waals surface area contributed by atoms with Crippen LogP contribution in [0.5, 0.6) is 5.88 Å². The molecule has 0 saturated heterocycles. The second-order valence-corrected chi connectivity index (χ2v) is 4.16. The van der Waals surface area contributed by atoms with Crippen LogP contribution in [0, 0.1) is 0 Å². The van der Waals surface area contributed by atoms with Gasteiger partial charge in [-0.05, 0) is 23.9 Å². The number of carboxylic acids is 1. The third kappa shape index (κ3) is 2.95. The molecule has 0 fully saturated rings. The molecule has 18 heavy (non-hydrogen) atoms. The topological polar surface area (TPSA) is 85.2 Å². The number of pyridine rings is 1. The van der Waals surface area contributed by atoms with Gasteiger partial charge < -0.3 is 9.84 Å². The van der Waals surface area contributed by atoms with E-state index in [1.807, 2.05) is 0 Å². The lowest BCUT2D eigenvalue weighted by molar-refractivity contribution is 0.0696. The van der Waals surface area contributed by atoms with Crippen LogP contribution in [0.25, 0.3) is 0 Å². The molecule has 2 aromatic heterocycles. The van der Waals surface area contributed by atoms with Gasteiger partial charge in [-0.15, -0.1) is 0 Å². The lowest BCUT2D eigenvalue weighted by atomic mass is 10.3. The first-order valence-corrected chi connectivity index (χ1v) is 5.75. The molecule has 0 amide bonds. The number of ether oxygens (including phenoxy) is 1. The molecule has 0 saturated carbocycles. The quantitative estimate of drug-likeness (QED) is 0.840. The van der Waals surface area contributed by atoms with E-state index in [2.05, 4.69) is 15.0 Å². The van der Waals surface area contributed by atoms with Gasteiger partial charge in [-0.25, -0.2) is 14.8 Å². The fourth-order valence-corrected chi connectivity index (χ4v) is 1.92. The van der Waals surface area contributed by atoms with Gasteiger partial charge in [0.2, 0.25) is 5.88 Å². The highest BCUT2D eigenvalue weighted by Gasteiger charge is 2.07. The van der Waals surface area contributed by atoms with Crippen molar-refractivity contribution < 1.29 is 14.6 Å². The van der Waals surface area contributed by atoms with Crippen LogP contribution >= 0.6 is 11.8 Å². The number of methoxy groups -OCH3 is 1. The molecule has 2 rings (SSSR count). The maximum atomic E-state index is 10.8. The molecule has 0 aromatic carbocycles. The number of rotatable bonds is 4. The van der Waals surface area contributed by atoms with Crippen LogP contribution < -0.4 is 4.74 Å². The second kappa shape index (κ2) is 5.46. The van der Waals surface area contributed by atoms with Crippen LogP contribution in [-0.4, -0.2) is 33.1 Å². The van der Waals surface area contributed by atoms with E-state index in [4.69, 9.17) is 9.84 Å². The van der Waals surface area contributed by atoms with E-state index in [0.29, 0.717) is 16.1 Å². The summed E-state index contributed by atoms with van der Waals surface area (Å²) in [6.45, 7) is 0. The molecule has 0 unspecified atom stereocenters. The Kier molecular flexibility index (Phi) is 3.73. The molecule has 6 nitrogen and oxygen atoms in total. The molecule has 0 aliphatic rings. The lowest BCUT2D eigenvalue weighted by Gasteiger charge is -2.02. The van der Waals surface area contributed by atoms with E-state index in [9.17, 15) is 4.79 Å². The lowest BCUT2D eigenvalue weighted by Crippen LogP contribution is -1.97. The number of carboxylic acid groups (broad SMARTS) is 1. The summed E-state index contributed by atoms with van der Waals surface area (Å²) >= 11 is 1.17. The summed E-state index contributed by atoms with van der Waals surface area (Å²) in [5.74, 6) is -0.548. The van der Waals surface area contributed by atoms with E-state index in [0.717, 1.165) is 0 Å². The minimum Gasteiger partial charge on any atom is -0.481 e. The predicted molar refractivity (Wildman–Crippen MR) is 63.9 cm³/mol. The zero-order chi connectivity index (χ0) is 13.0. The highest BCUT2D eigenvalue weighted by molar-refractivity contribution is 7.99. The fraction of sp³-hybridized carbons (Fsp3) is 0.0909. The van der Waals surface area contributed by atoms with Crippen LogP contribution in [-0.2, 0) is 0 Å². The van der Waals surface area contributed by atoms with Crippen LogP contribution in [0.3, 0.4) is 0 Å². The number of aromatic nitrogens is 3. The van der Waals surface area contributed by atoms with Gasteiger partial charge in [-0.3, -0.25) is 0 Å². The second-order valence-electron chi connectivity index (χ2n) is 3.17. The first-order chi connectivity index (χ1) is 8.69. The molecule has 2 heterocycles. The largest absolute Gasteiger partial charge is 0.481 e. The smallest absolute Gasteiger partial charge is 0.335 e. The van der Waals surface area contributed by atoms with E-state index in [1.54, 1.807) is 12.3 Å². The average molecular weight is 263 g/mol. The number of hydrogen-bond acceptors (Lipinski definition) is 6. The molecule has 0 aliphatic heterocycles. The first kappa shape index (κ1) is 12.3. The zero-order valence-electron chi connectivity index (χ0n) is 9.40. The predicted octanol–water partition coefficient (Wildman–Crippen LogP) is 1.73. The zero-order valence-corrected chi connectivity index (χ0v) is 10.2. The molecule has 92 valence electrons. The maximum absolute atomic E-state index is 10.8. The number of carbonyl (C=O) groups is 1. The van der Waals surface area contributed by atoms with Crippen molar-refractivity contribution in [3.8, 4) is 5.88 Å². The van der Waals surface area contributed by atoms with Crippen LogP contribution in [0.4, 0.5) is 0 Å². The summed E-state index contributed by atoms with van der Waals surface area (Å²) < 4.78 is 4.98. The van der Waals surface area contributed by atoms with E-state index in [1.165, 1.54) is 37.2 Å². The Hall–Kier alpha value is -2.15. The van der Waals surface area contributed by atoms with Gasteiger partial charge in [0.15, 0.2) is 5.16 Å². The van der Waals surface area contributed by atoms with Gasteiger partial charge in [-0.1, -0.05) is 0 Å². The molecule has 0 spiro atoms. The Bertz CT molecular complexity index is 577. The first-order valence-electron chi connectivity index (χ1n) is 4.93. The Labute approximate surface area is 107 Å². The Morgan fingerprint density at radius 1 is 1.33 bits per heavy atom. The molecule has 2 aromatic rings. The van der Waals surface area contributed by atoms with E-state index >= 15 is 0 Å². The third-order valence-electron chi connectivity index (χ3n) is 1.99. The molecular formula is C11H9N3O3S. The summed E-state index contributed by atoms with van der Waals surface area (Å²) in [6, 6.07) is 4.53. The summed E-state index contributed by atoms with van der Waals surface area (Å²) in [5.41, 5.74) is 0.176. The SMILES string of the molecule is COc1ccnc(Sc2cc(C(=O)O)ccn2)n1. The molecule has 7 heteroatoms. The van der Waals surface area contributed by atoms with E-state index < -0.39 is 5.97 Å². The van der Waals surface area contributed by atoms with Crippen LogP contribution in [0.15, 0.2) is 40.8 Å². The number of aromatic carboxylic acids is 1. The Morgan fingerprint density at radius 2 is 2.11 bits per heavy atom. The summed E-state index contributed by atoms with van der Waals surface area (Å²) in [7, 11) is 1.51. The fourth-order valence-electron chi connectivity index (χ4n) is 1.18. The normalized spacial score (nSPS) is 10.1. The molecule has 0 aliphatic carbocycles. The Balaban J connectivity index is 2.22. The van der Waals surface area contributed by atoms with Crippen LogP contribution in [0.1, 0.15) is 10.4 Å². The minimum absolute atomic E-state index is 0.176. The van der Waals surface area contributed by atoms with Crippen molar-refractivity contribution in [1.29, 1.82) is 0 Å². The summed E-state index contributed by atoms with van der Waals surface area (Å²) in [5, 5.41) is 9.83. The van der Waals surface area contributed by atoms with Crippen molar-refractivity contribution in [2.45, 2.75) is 10.2 Å². The molecule has 0 bridgehead atoms. The van der Waals surface area contributed by atoms with Gasteiger partial charge in [0.05, 0.1) is 12.7 Å². The highest BCUT2D eigenvalue weighted by Crippen LogP contribution is 2.24. The van der Waals surface area contributed by atoms with Crippen LogP contribution in [0.2, 0.25) is 0 Å². The summed E-state index contributed by atoms with van der Waals surface area (Å²) in [6.07, 6.45) is 3.00. The van der Waals surface area contributed by atoms with Crippen molar-refractivity contribution in [3.05, 3.63) is 36.2 Å². The van der Waals surface area contributed by atoms with Gasteiger partial charge in [0.1, 0.15) is 5.03 Å². The maximum Gasteiger partial charge on any atom is 0.335 e. The molecule has 0 atom stereocenters. The number of nitrogens with zero attached hydrogens (tertiary/aromatic N) is 3. The van der Waals surface area contributed by atoms with Crippen molar-refractivity contribution in [2.75, 3.05) is 7.11 Å². The monoisotopic (exact) mass is 263 g/mol. The molecular weight excluding hydrogens is 254 g/mol. The number of hydrogen-bond donors (Lipinski definition) is 1. The van der Waals surface area contributed by atoms with Crippen molar-refractivity contribution >= 4 is 17.7 Å². The van der Waals surface area contributed by atoms with Crippen molar-refractivity contribution in [1.82, 2.24) is 15.0 Å². The highest BCUT2D eigenvalue weighted by atomic mass is 32.2. The van der Waals surface area contributed by atoms with Crippen molar-refractivity contribution in [3.63, 3.8) is 0 Å². The summed E-state index contributed by atoms with van der Waals surface area (Å²) in [4.78, 5) is 23.0. The van der Waals surface area contributed by atoms with Gasteiger partial charge in [0.25, 0.3) is 0 Å². The third-order valence-corrected chi connectivity index (χ3v) is 2.81. The Morgan fingerprint density at radius 3 is 2.83 bits per heavy atom. The van der Waals surface area contributed by atoms with Crippen molar-refractivity contribution in [2.24, 2.45) is 0 Å². The molecule has 0 radical (unpaired) electrons. The average Bonchev–Trinajstić information content (AvgIpc) is 2.39. The van der Waals surface area contributed by atoms with Gasteiger partial charge in [0, 0.05) is 18.5 Å². The standard InChI is InChI=1S/C11H9N3O3S/c1-17-8-3-5-13-11(14-8)18-9-6-7(10(15)16)2-4-12-9/h2-6H,1H3,(H,15,16). The minimum atomic E-state index is -0.995. The van der Waals surface area contributed by atoms with E-state index in [-0.39, 0.29) is 5.56 Å². The molecule has 1 N–H and O–H groups in total.